The molecule has 0 saturated heterocycles. The lowest BCUT2D eigenvalue weighted by molar-refractivity contribution is 0.0602. The largest absolute Gasteiger partial charge is 0.465 e. The highest BCUT2D eigenvalue weighted by atomic mass is 32.1. The minimum Gasteiger partial charge on any atom is -0.465 e. The Balaban J connectivity index is 2.66. The van der Waals surface area contributed by atoms with Crippen LogP contribution in [0.1, 0.15) is 15.2 Å². The van der Waals surface area contributed by atoms with Crippen LogP contribution in [0.2, 0.25) is 0 Å². The van der Waals surface area contributed by atoms with Gasteiger partial charge in [-0.1, -0.05) is 0 Å². The van der Waals surface area contributed by atoms with E-state index < -0.39 is 0 Å². The Kier molecular flexibility index (Phi) is 6.03. The van der Waals surface area contributed by atoms with Gasteiger partial charge in [-0.25, -0.2) is 4.79 Å². The number of thiophene rings is 1. The van der Waals surface area contributed by atoms with Gasteiger partial charge in [0, 0.05) is 18.5 Å². The van der Waals surface area contributed by atoms with Gasteiger partial charge in [0.2, 0.25) is 0 Å². The summed E-state index contributed by atoms with van der Waals surface area (Å²) in [5.41, 5.74) is 0.496. The average molecular weight is 288 g/mol. The first-order valence-corrected chi connectivity index (χ1v) is 6.53. The minimum absolute atomic E-state index is 0.374. The van der Waals surface area contributed by atoms with Gasteiger partial charge in [0.1, 0.15) is 5.00 Å². The number of hydrogen-bond donors (Lipinski definition) is 2. The number of esters is 1. The van der Waals surface area contributed by atoms with Crippen molar-refractivity contribution in [2.24, 2.45) is 0 Å². The maximum Gasteiger partial charge on any atom is 0.340 e. The molecule has 0 aliphatic carbocycles. The monoisotopic (exact) mass is 288 g/mol. The fourth-order valence-electron chi connectivity index (χ4n) is 1.28. The van der Waals surface area contributed by atoms with Crippen molar-refractivity contribution in [2.75, 3.05) is 32.7 Å². The molecule has 0 aromatic carbocycles. The average Bonchev–Trinajstić information content (AvgIpc) is 2.69. The molecule has 1 aromatic heterocycles. The Morgan fingerprint density at radius 2 is 2.22 bits per heavy atom. The zero-order valence-corrected chi connectivity index (χ0v) is 12.2. The zero-order chi connectivity index (χ0) is 13.5. The van der Waals surface area contributed by atoms with Crippen molar-refractivity contribution in [3.8, 4) is 0 Å². The van der Waals surface area contributed by atoms with E-state index in [1.807, 2.05) is 6.92 Å². The maximum atomic E-state index is 11.6. The maximum absolute atomic E-state index is 11.6. The van der Waals surface area contributed by atoms with E-state index >= 15 is 0 Å². The fraction of sp³-hybridized carbons (Fsp3) is 0.455. The molecule has 1 aromatic rings. The van der Waals surface area contributed by atoms with Crippen molar-refractivity contribution in [1.82, 2.24) is 5.32 Å². The van der Waals surface area contributed by atoms with Gasteiger partial charge in [-0.3, -0.25) is 0 Å². The molecule has 0 aliphatic heterocycles. The van der Waals surface area contributed by atoms with Crippen LogP contribution in [0.3, 0.4) is 0 Å². The summed E-state index contributed by atoms with van der Waals surface area (Å²) >= 11 is 6.57. The Labute approximate surface area is 115 Å². The number of rotatable bonds is 5. The second-order valence-corrected chi connectivity index (χ2v) is 5.13. The molecule has 0 atom stereocenters. The molecule has 0 fully saturated rings. The van der Waals surface area contributed by atoms with E-state index in [1.54, 1.807) is 13.2 Å². The molecular weight excluding hydrogens is 272 g/mol. The molecule has 0 bridgehead atoms. The summed E-state index contributed by atoms with van der Waals surface area (Å²) in [6, 6.07) is 1.77. The minimum atomic E-state index is -0.374. The molecule has 5 nitrogen and oxygen atoms in total. The number of hydrogen-bond acceptors (Lipinski definition) is 5. The van der Waals surface area contributed by atoms with E-state index in [-0.39, 0.29) is 5.97 Å². The first kappa shape index (κ1) is 14.9. The van der Waals surface area contributed by atoms with Crippen LogP contribution in [0, 0.1) is 6.92 Å². The van der Waals surface area contributed by atoms with E-state index in [0.717, 1.165) is 4.88 Å². The summed E-state index contributed by atoms with van der Waals surface area (Å²) in [6.07, 6.45) is 0. The third-order valence-electron chi connectivity index (χ3n) is 2.08. The van der Waals surface area contributed by atoms with Crippen molar-refractivity contribution in [2.45, 2.75) is 6.92 Å². The van der Waals surface area contributed by atoms with Crippen LogP contribution in [0.15, 0.2) is 6.07 Å². The van der Waals surface area contributed by atoms with Crippen molar-refractivity contribution in [3.05, 3.63) is 16.5 Å². The summed E-state index contributed by atoms with van der Waals surface area (Å²) in [5, 5.41) is 7.11. The molecule has 0 aliphatic rings. The lowest BCUT2D eigenvalue weighted by Gasteiger charge is -2.09. The third-order valence-corrected chi connectivity index (χ3v) is 3.29. The van der Waals surface area contributed by atoms with Crippen molar-refractivity contribution >= 4 is 39.6 Å². The van der Waals surface area contributed by atoms with E-state index in [2.05, 4.69) is 10.6 Å². The van der Waals surface area contributed by atoms with Gasteiger partial charge in [0.15, 0.2) is 5.11 Å². The Morgan fingerprint density at radius 3 is 2.83 bits per heavy atom. The highest BCUT2D eigenvalue weighted by Crippen LogP contribution is 2.27. The zero-order valence-electron chi connectivity index (χ0n) is 10.5. The van der Waals surface area contributed by atoms with Crippen LogP contribution in [0.5, 0.6) is 0 Å². The number of carbonyl (C=O) groups is 1. The molecule has 0 unspecified atom stereocenters. The second kappa shape index (κ2) is 7.30. The van der Waals surface area contributed by atoms with Gasteiger partial charge in [0.25, 0.3) is 0 Å². The van der Waals surface area contributed by atoms with Gasteiger partial charge in [-0.2, -0.15) is 0 Å². The second-order valence-electron chi connectivity index (χ2n) is 3.47. The molecule has 0 amide bonds. The molecule has 0 spiro atoms. The van der Waals surface area contributed by atoms with E-state index in [9.17, 15) is 4.79 Å². The fourth-order valence-corrected chi connectivity index (χ4v) is 2.46. The molecule has 2 N–H and O–H groups in total. The van der Waals surface area contributed by atoms with Crippen LogP contribution in [-0.4, -0.2) is 38.5 Å². The Hall–Kier alpha value is -1.18. The van der Waals surface area contributed by atoms with Gasteiger partial charge in [-0.05, 0) is 25.2 Å². The van der Waals surface area contributed by atoms with Gasteiger partial charge in [-0.15, -0.1) is 11.3 Å². The summed E-state index contributed by atoms with van der Waals surface area (Å²) in [4.78, 5) is 12.6. The standard InChI is InChI=1S/C11H16N2O3S2/c1-7-6-8(10(14)16-3)9(18-7)13-11(17)12-4-5-15-2/h6H,4-5H2,1-3H3,(H2,12,13,17). The number of carbonyl (C=O) groups excluding carboxylic acids is 1. The summed E-state index contributed by atoms with van der Waals surface area (Å²) < 4.78 is 9.62. The van der Waals surface area contributed by atoms with Crippen LogP contribution >= 0.6 is 23.6 Å². The smallest absolute Gasteiger partial charge is 0.340 e. The quantitative estimate of drug-likeness (QED) is 0.489. The van der Waals surface area contributed by atoms with Crippen molar-refractivity contribution in [3.63, 3.8) is 0 Å². The number of aryl methyl sites for hydroxylation is 1. The van der Waals surface area contributed by atoms with Gasteiger partial charge < -0.3 is 20.1 Å². The predicted octanol–water partition coefficient (Wildman–Crippen LogP) is 1.78. The van der Waals surface area contributed by atoms with Crippen molar-refractivity contribution < 1.29 is 14.3 Å². The molecule has 7 heteroatoms. The van der Waals surface area contributed by atoms with Crippen molar-refractivity contribution in [1.29, 1.82) is 0 Å². The number of ether oxygens (including phenoxy) is 2. The van der Waals surface area contributed by atoms with E-state index in [0.29, 0.717) is 28.8 Å². The number of nitrogens with one attached hydrogen (secondary N) is 2. The highest BCUT2D eigenvalue weighted by Gasteiger charge is 2.15. The van der Waals surface area contributed by atoms with E-state index in [4.69, 9.17) is 21.7 Å². The molecule has 100 valence electrons. The first-order valence-electron chi connectivity index (χ1n) is 5.31. The van der Waals surface area contributed by atoms with Gasteiger partial charge in [0.05, 0.1) is 19.3 Å². The van der Waals surface area contributed by atoms with Crippen LogP contribution < -0.4 is 10.6 Å². The molecular formula is C11H16N2O3S2. The topological polar surface area (TPSA) is 59.6 Å². The van der Waals surface area contributed by atoms with Crippen LogP contribution in [0.25, 0.3) is 0 Å². The third kappa shape index (κ3) is 4.25. The van der Waals surface area contributed by atoms with E-state index in [1.165, 1.54) is 18.4 Å². The first-order chi connectivity index (χ1) is 8.58. The molecule has 18 heavy (non-hydrogen) atoms. The lowest BCUT2D eigenvalue weighted by atomic mass is 10.3. The number of anilines is 1. The molecule has 0 saturated carbocycles. The van der Waals surface area contributed by atoms with Crippen LogP contribution in [0.4, 0.5) is 5.00 Å². The highest BCUT2D eigenvalue weighted by molar-refractivity contribution is 7.80. The number of thiocarbonyl (C=S) groups is 1. The van der Waals surface area contributed by atoms with Gasteiger partial charge >= 0.3 is 5.97 Å². The lowest BCUT2D eigenvalue weighted by Crippen LogP contribution is -2.31. The Morgan fingerprint density at radius 1 is 1.50 bits per heavy atom. The Bertz CT molecular complexity index is 432. The van der Waals surface area contributed by atoms with Crippen LogP contribution in [-0.2, 0) is 9.47 Å². The molecule has 1 heterocycles. The molecule has 0 radical (unpaired) electrons. The summed E-state index contributed by atoms with van der Waals surface area (Å²) in [6.45, 7) is 3.10. The normalized spacial score (nSPS) is 9.94. The summed E-state index contributed by atoms with van der Waals surface area (Å²) in [7, 11) is 2.98. The molecule has 1 rings (SSSR count). The number of methoxy groups -OCH3 is 2. The SMILES string of the molecule is COCCNC(=S)Nc1sc(C)cc1C(=O)OC. The summed E-state index contributed by atoms with van der Waals surface area (Å²) in [5.74, 6) is -0.374. The predicted molar refractivity (Wildman–Crippen MR) is 76.5 cm³/mol.